The summed E-state index contributed by atoms with van der Waals surface area (Å²) >= 11 is 0. The summed E-state index contributed by atoms with van der Waals surface area (Å²) in [5, 5.41) is 10.2. The second-order valence-electron chi connectivity index (χ2n) is 7.45. The Morgan fingerprint density at radius 2 is 1.65 bits per heavy atom. The number of halogens is 3. The summed E-state index contributed by atoms with van der Waals surface area (Å²) in [5.41, 5.74) is 1.07. The number of aryl methyl sites for hydroxylation is 1. The Bertz CT molecular complexity index is 1080. The van der Waals surface area contributed by atoms with E-state index in [2.05, 4.69) is 42.3 Å². The van der Waals surface area contributed by atoms with Crippen LogP contribution in [0.2, 0.25) is 0 Å². The minimum Gasteiger partial charge on any atom is -0.354 e. The molecule has 1 aliphatic rings. The average molecular weight is 429 g/mol. The van der Waals surface area contributed by atoms with Crippen LogP contribution in [0.15, 0.2) is 24.3 Å². The molecule has 0 atom stereocenters. The minimum atomic E-state index is -1.49. The first-order chi connectivity index (χ1) is 14.9. The van der Waals surface area contributed by atoms with Gasteiger partial charge in [-0.3, -0.25) is 5.10 Å². The van der Waals surface area contributed by atoms with Gasteiger partial charge in [0.25, 0.3) is 0 Å². The van der Waals surface area contributed by atoms with E-state index in [1.807, 2.05) is 19.1 Å². The van der Waals surface area contributed by atoms with Gasteiger partial charge in [-0.1, -0.05) is 6.08 Å². The summed E-state index contributed by atoms with van der Waals surface area (Å²) in [7, 11) is 2.07. The third kappa shape index (κ3) is 5.02. The molecule has 2 aromatic heterocycles. The standard InChI is InChI=1S/C21H22F3N7/c1-13-9-19(29-28-13)26-18-12-20(31-7-5-30(2)6-8-31)27-17(25-18)4-3-14-10-15(22)21(24)16(23)11-14/h3-4,9-12H,5-8H2,1-2H3,(H2,25,26,27,28,29). The van der Waals surface area contributed by atoms with Crippen molar-refractivity contribution in [3.05, 3.63) is 58.8 Å². The molecule has 1 aromatic carbocycles. The fraction of sp³-hybridized carbons (Fsp3) is 0.286. The number of benzene rings is 1. The average Bonchev–Trinajstić information content (AvgIpc) is 3.15. The molecule has 10 heteroatoms. The molecule has 162 valence electrons. The summed E-state index contributed by atoms with van der Waals surface area (Å²) in [6, 6.07) is 5.52. The zero-order valence-electron chi connectivity index (χ0n) is 17.2. The number of hydrogen-bond acceptors (Lipinski definition) is 6. The number of H-pyrrole nitrogens is 1. The number of nitrogens with zero attached hydrogens (tertiary/aromatic N) is 5. The number of nitrogens with one attached hydrogen (secondary N) is 2. The zero-order chi connectivity index (χ0) is 22.0. The molecule has 3 aromatic rings. The van der Waals surface area contributed by atoms with Crippen LogP contribution >= 0.6 is 0 Å². The molecule has 2 N–H and O–H groups in total. The van der Waals surface area contributed by atoms with Crippen LogP contribution < -0.4 is 10.2 Å². The number of anilines is 3. The van der Waals surface area contributed by atoms with Crippen molar-refractivity contribution in [3.63, 3.8) is 0 Å². The SMILES string of the molecule is Cc1cc(Nc2cc(N3CCN(C)CC3)nc(C=Cc3cc(F)c(F)c(F)c3)n2)n[nH]1. The number of aromatic amines is 1. The van der Waals surface area contributed by atoms with E-state index in [4.69, 9.17) is 0 Å². The van der Waals surface area contributed by atoms with Crippen molar-refractivity contribution >= 4 is 29.6 Å². The lowest BCUT2D eigenvalue weighted by Crippen LogP contribution is -2.44. The van der Waals surface area contributed by atoms with Crippen molar-refractivity contribution in [3.8, 4) is 0 Å². The molecule has 4 rings (SSSR count). The number of hydrogen-bond donors (Lipinski definition) is 2. The molecule has 0 saturated carbocycles. The minimum absolute atomic E-state index is 0.169. The first-order valence-electron chi connectivity index (χ1n) is 9.81. The molecule has 0 unspecified atom stereocenters. The molecule has 0 amide bonds. The number of rotatable bonds is 5. The van der Waals surface area contributed by atoms with Crippen LogP contribution in [-0.4, -0.2) is 58.3 Å². The number of likely N-dealkylation sites (N-methyl/N-ethyl adjacent to an activating group) is 1. The van der Waals surface area contributed by atoms with Crippen molar-refractivity contribution in [1.82, 2.24) is 25.1 Å². The summed E-state index contributed by atoms with van der Waals surface area (Å²) in [6.07, 6.45) is 2.98. The number of piperazine rings is 1. The molecular weight excluding hydrogens is 407 g/mol. The maximum Gasteiger partial charge on any atom is 0.194 e. The largest absolute Gasteiger partial charge is 0.354 e. The fourth-order valence-electron chi connectivity index (χ4n) is 3.24. The Morgan fingerprint density at radius 3 is 2.29 bits per heavy atom. The van der Waals surface area contributed by atoms with Crippen LogP contribution in [0.3, 0.4) is 0 Å². The van der Waals surface area contributed by atoms with Gasteiger partial charge < -0.3 is 15.1 Å². The Balaban J connectivity index is 1.65. The third-order valence-electron chi connectivity index (χ3n) is 4.95. The highest BCUT2D eigenvalue weighted by Gasteiger charge is 2.17. The van der Waals surface area contributed by atoms with E-state index < -0.39 is 17.5 Å². The molecular formula is C21H22F3N7. The molecule has 0 aliphatic carbocycles. The van der Waals surface area contributed by atoms with Gasteiger partial charge in [-0.05, 0) is 37.7 Å². The lowest BCUT2D eigenvalue weighted by Gasteiger charge is -2.33. The van der Waals surface area contributed by atoms with Gasteiger partial charge in [-0.15, -0.1) is 0 Å². The van der Waals surface area contributed by atoms with Crippen LogP contribution in [-0.2, 0) is 0 Å². The second kappa shape index (κ2) is 8.76. The molecule has 7 nitrogen and oxygen atoms in total. The van der Waals surface area contributed by atoms with E-state index in [9.17, 15) is 13.2 Å². The molecule has 0 radical (unpaired) electrons. The van der Waals surface area contributed by atoms with Gasteiger partial charge >= 0.3 is 0 Å². The van der Waals surface area contributed by atoms with Crippen molar-refractivity contribution < 1.29 is 13.2 Å². The van der Waals surface area contributed by atoms with E-state index >= 15 is 0 Å². The Morgan fingerprint density at radius 1 is 0.935 bits per heavy atom. The van der Waals surface area contributed by atoms with E-state index in [1.165, 1.54) is 12.2 Å². The van der Waals surface area contributed by atoms with Crippen molar-refractivity contribution in [1.29, 1.82) is 0 Å². The molecule has 1 fully saturated rings. The maximum absolute atomic E-state index is 13.5. The van der Waals surface area contributed by atoms with E-state index in [-0.39, 0.29) is 5.56 Å². The van der Waals surface area contributed by atoms with Gasteiger partial charge in [0.15, 0.2) is 29.1 Å². The molecule has 3 heterocycles. The first-order valence-corrected chi connectivity index (χ1v) is 9.81. The van der Waals surface area contributed by atoms with Crippen LogP contribution in [0.1, 0.15) is 17.1 Å². The quantitative estimate of drug-likeness (QED) is 0.604. The molecule has 0 bridgehead atoms. The van der Waals surface area contributed by atoms with Gasteiger partial charge in [0.05, 0.1) is 0 Å². The van der Waals surface area contributed by atoms with Gasteiger partial charge in [0, 0.05) is 44.0 Å². The van der Waals surface area contributed by atoms with Gasteiger partial charge in [0.1, 0.15) is 11.6 Å². The zero-order valence-corrected chi connectivity index (χ0v) is 17.2. The monoisotopic (exact) mass is 429 g/mol. The summed E-state index contributed by atoms with van der Waals surface area (Å²) in [4.78, 5) is 13.4. The smallest absolute Gasteiger partial charge is 0.194 e. The van der Waals surface area contributed by atoms with Crippen LogP contribution in [0.25, 0.3) is 12.2 Å². The third-order valence-corrected chi connectivity index (χ3v) is 4.95. The molecule has 1 saturated heterocycles. The predicted molar refractivity (Wildman–Crippen MR) is 114 cm³/mol. The van der Waals surface area contributed by atoms with Gasteiger partial charge in [0.2, 0.25) is 0 Å². The van der Waals surface area contributed by atoms with Crippen molar-refractivity contribution in [2.24, 2.45) is 0 Å². The van der Waals surface area contributed by atoms with E-state index in [0.29, 0.717) is 17.5 Å². The Labute approximate surface area is 177 Å². The van der Waals surface area contributed by atoms with Crippen molar-refractivity contribution in [2.45, 2.75) is 6.92 Å². The summed E-state index contributed by atoms with van der Waals surface area (Å²) in [5.74, 6) is -1.77. The normalized spacial score (nSPS) is 15.1. The fourth-order valence-corrected chi connectivity index (χ4v) is 3.24. The van der Waals surface area contributed by atoms with Crippen LogP contribution in [0.4, 0.5) is 30.6 Å². The number of aromatic nitrogens is 4. The highest BCUT2D eigenvalue weighted by molar-refractivity contribution is 5.69. The molecule has 1 aliphatic heterocycles. The van der Waals surface area contributed by atoms with Gasteiger partial charge in [-0.25, -0.2) is 23.1 Å². The Kier molecular flexibility index (Phi) is 5.90. The summed E-state index contributed by atoms with van der Waals surface area (Å²) in [6.45, 7) is 5.33. The van der Waals surface area contributed by atoms with Gasteiger partial charge in [-0.2, -0.15) is 5.10 Å². The lowest BCUT2D eigenvalue weighted by atomic mass is 10.2. The van der Waals surface area contributed by atoms with E-state index in [0.717, 1.165) is 49.8 Å². The first kappa shape index (κ1) is 20.9. The van der Waals surface area contributed by atoms with Crippen LogP contribution in [0, 0.1) is 24.4 Å². The Hall–Kier alpha value is -3.40. The molecule has 31 heavy (non-hydrogen) atoms. The highest BCUT2D eigenvalue weighted by Crippen LogP contribution is 2.22. The molecule has 0 spiro atoms. The van der Waals surface area contributed by atoms with E-state index in [1.54, 1.807) is 0 Å². The van der Waals surface area contributed by atoms with Crippen molar-refractivity contribution in [2.75, 3.05) is 43.4 Å². The maximum atomic E-state index is 13.5. The lowest BCUT2D eigenvalue weighted by molar-refractivity contribution is 0.312. The highest BCUT2D eigenvalue weighted by atomic mass is 19.2. The predicted octanol–water partition coefficient (Wildman–Crippen LogP) is 3.59. The topological polar surface area (TPSA) is 73.0 Å². The second-order valence-corrected chi connectivity index (χ2v) is 7.45. The summed E-state index contributed by atoms with van der Waals surface area (Å²) < 4.78 is 40.2. The van der Waals surface area contributed by atoms with Crippen LogP contribution in [0.5, 0.6) is 0 Å².